The van der Waals surface area contributed by atoms with Crippen LogP contribution in [0.15, 0.2) is 0 Å². The second kappa shape index (κ2) is 35.4. The molecule has 1 N–H and O–H groups in total. The van der Waals surface area contributed by atoms with Crippen LogP contribution in [0.2, 0.25) is 0 Å². The highest BCUT2D eigenvalue weighted by Gasteiger charge is 2.16. The van der Waals surface area contributed by atoms with Gasteiger partial charge in [0, 0.05) is 12.8 Å². The number of carbonyl (C=O) groups excluding carboxylic acids is 2. The lowest BCUT2D eigenvalue weighted by atomic mass is 10.0. The molecule has 1 unspecified atom stereocenters. The Kier molecular flexibility index (Phi) is 34.5. The third-order valence-corrected chi connectivity index (χ3v) is 8.65. The molecular weight excluding hydrogens is 536 g/mol. The SMILES string of the molecule is CCCCCCCCCCCCCCCCCCC(=O)OC(CO)COC(=O)CCCCCCCCCCCCCCC. The number of hydrogen-bond acceptors (Lipinski definition) is 5. The van der Waals surface area contributed by atoms with E-state index < -0.39 is 6.10 Å². The van der Waals surface area contributed by atoms with E-state index in [2.05, 4.69) is 13.8 Å². The number of rotatable bonds is 35. The molecule has 256 valence electrons. The first-order valence-corrected chi connectivity index (χ1v) is 19.1. The molecule has 1 atom stereocenters. The summed E-state index contributed by atoms with van der Waals surface area (Å²) in [6.07, 6.45) is 37.3. The molecule has 0 aromatic rings. The molecule has 0 saturated heterocycles. The first-order chi connectivity index (χ1) is 21.1. The van der Waals surface area contributed by atoms with Crippen molar-refractivity contribution in [3.05, 3.63) is 0 Å². The second-order valence-electron chi connectivity index (χ2n) is 13.0. The Morgan fingerprint density at radius 1 is 0.442 bits per heavy atom. The van der Waals surface area contributed by atoms with E-state index in [1.54, 1.807) is 0 Å². The zero-order chi connectivity index (χ0) is 31.5. The van der Waals surface area contributed by atoms with Crippen LogP contribution < -0.4 is 0 Å². The number of aliphatic hydroxyl groups is 1. The van der Waals surface area contributed by atoms with E-state index in [1.807, 2.05) is 0 Å². The molecule has 0 rings (SSSR count). The fraction of sp³-hybridized carbons (Fsp3) is 0.947. The molecular formula is C38H74O5. The van der Waals surface area contributed by atoms with Gasteiger partial charge in [0.1, 0.15) is 6.61 Å². The highest BCUT2D eigenvalue weighted by molar-refractivity contribution is 5.70. The lowest BCUT2D eigenvalue weighted by Crippen LogP contribution is -2.28. The zero-order valence-corrected chi connectivity index (χ0v) is 29.0. The minimum Gasteiger partial charge on any atom is -0.462 e. The van der Waals surface area contributed by atoms with Crippen molar-refractivity contribution < 1.29 is 24.2 Å². The van der Waals surface area contributed by atoms with E-state index in [0.717, 1.165) is 32.1 Å². The third kappa shape index (κ3) is 33.6. The standard InChI is InChI=1S/C38H74O5/c1-3-5-7-9-11-13-15-17-18-19-21-23-25-27-29-31-33-38(41)43-36(34-39)35-42-37(40)32-30-28-26-24-22-20-16-14-12-10-8-6-4-2/h36,39H,3-35H2,1-2H3. The van der Waals surface area contributed by atoms with E-state index in [-0.39, 0.29) is 25.2 Å². The van der Waals surface area contributed by atoms with Crippen molar-refractivity contribution in [1.29, 1.82) is 0 Å². The van der Waals surface area contributed by atoms with E-state index in [4.69, 9.17) is 9.47 Å². The number of unbranched alkanes of at least 4 members (excludes halogenated alkanes) is 27. The maximum Gasteiger partial charge on any atom is 0.306 e. The topological polar surface area (TPSA) is 72.8 Å². The van der Waals surface area contributed by atoms with E-state index in [1.165, 1.54) is 154 Å². The lowest BCUT2D eigenvalue weighted by Gasteiger charge is -2.15. The van der Waals surface area contributed by atoms with Gasteiger partial charge >= 0.3 is 11.9 Å². The van der Waals surface area contributed by atoms with Crippen molar-refractivity contribution in [3.8, 4) is 0 Å². The predicted molar refractivity (Wildman–Crippen MR) is 182 cm³/mol. The fourth-order valence-electron chi connectivity index (χ4n) is 5.73. The summed E-state index contributed by atoms with van der Waals surface area (Å²) in [5.74, 6) is -0.577. The first-order valence-electron chi connectivity index (χ1n) is 19.1. The largest absolute Gasteiger partial charge is 0.462 e. The van der Waals surface area contributed by atoms with Gasteiger partial charge in [-0.2, -0.15) is 0 Å². The van der Waals surface area contributed by atoms with E-state index in [0.29, 0.717) is 12.8 Å². The first kappa shape index (κ1) is 41.9. The summed E-state index contributed by atoms with van der Waals surface area (Å²) in [6.45, 7) is 4.16. The van der Waals surface area contributed by atoms with Gasteiger partial charge in [0.05, 0.1) is 6.61 Å². The van der Waals surface area contributed by atoms with Gasteiger partial charge in [0.15, 0.2) is 6.10 Å². The van der Waals surface area contributed by atoms with Crippen LogP contribution in [-0.2, 0) is 19.1 Å². The van der Waals surface area contributed by atoms with Crippen molar-refractivity contribution >= 4 is 11.9 Å². The predicted octanol–water partition coefficient (Wildman–Crippen LogP) is 11.6. The van der Waals surface area contributed by atoms with Gasteiger partial charge in [0.2, 0.25) is 0 Å². The van der Waals surface area contributed by atoms with Crippen LogP contribution in [-0.4, -0.2) is 36.4 Å². The average molecular weight is 611 g/mol. The molecule has 0 heterocycles. The van der Waals surface area contributed by atoms with Crippen LogP contribution >= 0.6 is 0 Å². The van der Waals surface area contributed by atoms with Crippen LogP contribution in [0.3, 0.4) is 0 Å². The summed E-state index contributed by atoms with van der Waals surface area (Å²) < 4.78 is 10.6. The smallest absolute Gasteiger partial charge is 0.306 e. The lowest BCUT2D eigenvalue weighted by molar-refractivity contribution is -0.161. The Morgan fingerprint density at radius 3 is 1.02 bits per heavy atom. The summed E-state index contributed by atoms with van der Waals surface area (Å²) in [5.41, 5.74) is 0. The minimum absolute atomic E-state index is 0.0571. The normalized spacial score (nSPS) is 12.0. The van der Waals surface area contributed by atoms with Gasteiger partial charge in [-0.25, -0.2) is 0 Å². The van der Waals surface area contributed by atoms with Crippen molar-refractivity contribution in [1.82, 2.24) is 0 Å². The molecule has 0 spiro atoms. The van der Waals surface area contributed by atoms with Gasteiger partial charge in [-0.1, -0.05) is 187 Å². The summed E-state index contributed by atoms with van der Waals surface area (Å²) in [6, 6.07) is 0. The van der Waals surface area contributed by atoms with E-state index in [9.17, 15) is 14.7 Å². The van der Waals surface area contributed by atoms with Crippen molar-refractivity contribution in [3.63, 3.8) is 0 Å². The molecule has 0 aromatic carbocycles. The molecule has 5 nitrogen and oxygen atoms in total. The Hall–Kier alpha value is -1.10. The number of esters is 2. The Morgan fingerprint density at radius 2 is 0.721 bits per heavy atom. The summed E-state index contributed by atoms with van der Waals surface area (Å²) >= 11 is 0. The molecule has 0 radical (unpaired) electrons. The number of aliphatic hydroxyl groups excluding tert-OH is 1. The molecule has 0 bridgehead atoms. The molecule has 5 heteroatoms. The molecule has 43 heavy (non-hydrogen) atoms. The highest BCUT2D eigenvalue weighted by atomic mass is 16.6. The van der Waals surface area contributed by atoms with Crippen LogP contribution in [0.1, 0.15) is 213 Å². The van der Waals surface area contributed by atoms with Crippen LogP contribution in [0.4, 0.5) is 0 Å². The van der Waals surface area contributed by atoms with Crippen LogP contribution in [0.5, 0.6) is 0 Å². The molecule has 0 aliphatic carbocycles. The maximum atomic E-state index is 12.1. The molecule has 0 fully saturated rings. The Balaban J connectivity index is 3.50. The number of carbonyl (C=O) groups is 2. The van der Waals surface area contributed by atoms with Gasteiger partial charge in [-0.3, -0.25) is 9.59 Å². The van der Waals surface area contributed by atoms with Gasteiger partial charge in [-0.15, -0.1) is 0 Å². The summed E-state index contributed by atoms with van der Waals surface area (Å²) in [7, 11) is 0. The monoisotopic (exact) mass is 611 g/mol. The fourth-order valence-corrected chi connectivity index (χ4v) is 5.73. The number of hydrogen-bond donors (Lipinski definition) is 1. The second-order valence-corrected chi connectivity index (χ2v) is 13.0. The third-order valence-electron chi connectivity index (χ3n) is 8.65. The summed E-state index contributed by atoms with van der Waals surface area (Å²) in [5, 5.41) is 9.53. The molecule has 0 aliphatic rings. The maximum absolute atomic E-state index is 12.1. The summed E-state index contributed by atoms with van der Waals surface area (Å²) in [4.78, 5) is 24.2. The number of ether oxygens (including phenoxy) is 2. The molecule has 0 aliphatic heterocycles. The Bertz CT molecular complexity index is 579. The van der Waals surface area contributed by atoms with Gasteiger partial charge in [0.25, 0.3) is 0 Å². The average Bonchev–Trinajstić information content (AvgIpc) is 3.01. The van der Waals surface area contributed by atoms with Crippen molar-refractivity contribution in [2.24, 2.45) is 0 Å². The molecule has 0 aromatic heterocycles. The van der Waals surface area contributed by atoms with Crippen LogP contribution in [0, 0.1) is 0 Å². The van der Waals surface area contributed by atoms with Gasteiger partial charge < -0.3 is 14.6 Å². The van der Waals surface area contributed by atoms with E-state index >= 15 is 0 Å². The minimum atomic E-state index is -0.760. The zero-order valence-electron chi connectivity index (χ0n) is 29.0. The molecule has 0 saturated carbocycles. The van der Waals surface area contributed by atoms with Crippen molar-refractivity contribution in [2.45, 2.75) is 219 Å². The molecule has 0 amide bonds. The highest BCUT2D eigenvalue weighted by Crippen LogP contribution is 2.15. The van der Waals surface area contributed by atoms with Crippen LogP contribution in [0.25, 0.3) is 0 Å². The Labute approximate surface area is 268 Å². The van der Waals surface area contributed by atoms with Gasteiger partial charge in [-0.05, 0) is 12.8 Å². The quantitative estimate of drug-likeness (QED) is 0.0571. The van der Waals surface area contributed by atoms with Crippen molar-refractivity contribution in [2.75, 3.05) is 13.2 Å².